The van der Waals surface area contributed by atoms with Gasteiger partial charge in [-0.1, -0.05) is 5.16 Å². The van der Waals surface area contributed by atoms with E-state index in [2.05, 4.69) is 10.1 Å². The molecular weight excluding hydrogens is 283 g/mol. The van der Waals surface area contributed by atoms with Crippen LogP contribution < -0.4 is 4.90 Å². The molecule has 0 aliphatic carbocycles. The standard InChI is InChI=1S/C16H17FN4O/c1-11-19-16(20-22-11)8-13-3-2-6-21(10-13)15-5-4-12(9-18)7-14(15)17/h4-5,7,13H,2-3,6,8,10H2,1H3. The summed E-state index contributed by atoms with van der Waals surface area (Å²) >= 11 is 0. The number of nitriles is 1. The fraction of sp³-hybridized carbons (Fsp3) is 0.438. The van der Waals surface area contributed by atoms with E-state index in [4.69, 9.17) is 9.78 Å². The zero-order chi connectivity index (χ0) is 15.5. The first-order valence-electron chi connectivity index (χ1n) is 7.39. The van der Waals surface area contributed by atoms with E-state index >= 15 is 0 Å². The smallest absolute Gasteiger partial charge is 0.223 e. The third kappa shape index (κ3) is 3.08. The van der Waals surface area contributed by atoms with Crippen molar-refractivity contribution in [2.45, 2.75) is 26.2 Å². The van der Waals surface area contributed by atoms with Crippen LogP contribution in [0.15, 0.2) is 22.7 Å². The molecule has 1 aromatic carbocycles. The lowest BCUT2D eigenvalue weighted by Gasteiger charge is -2.34. The monoisotopic (exact) mass is 300 g/mol. The normalized spacial score (nSPS) is 18.2. The van der Waals surface area contributed by atoms with Crippen molar-refractivity contribution in [1.82, 2.24) is 10.1 Å². The summed E-state index contributed by atoms with van der Waals surface area (Å²) in [4.78, 5) is 6.28. The van der Waals surface area contributed by atoms with E-state index in [-0.39, 0.29) is 5.82 Å². The second-order valence-electron chi connectivity index (χ2n) is 5.67. The van der Waals surface area contributed by atoms with Crippen LogP contribution in [-0.4, -0.2) is 23.2 Å². The van der Waals surface area contributed by atoms with Crippen molar-refractivity contribution in [1.29, 1.82) is 5.26 Å². The Morgan fingerprint density at radius 1 is 1.50 bits per heavy atom. The zero-order valence-electron chi connectivity index (χ0n) is 12.4. The van der Waals surface area contributed by atoms with Crippen LogP contribution in [0.4, 0.5) is 10.1 Å². The molecule has 1 fully saturated rings. The van der Waals surface area contributed by atoms with Gasteiger partial charge >= 0.3 is 0 Å². The summed E-state index contributed by atoms with van der Waals surface area (Å²) in [6, 6.07) is 6.60. The molecule has 0 saturated carbocycles. The first-order valence-corrected chi connectivity index (χ1v) is 7.39. The van der Waals surface area contributed by atoms with Gasteiger partial charge in [-0.05, 0) is 37.0 Å². The highest BCUT2D eigenvalue weighted by atomic mass is 19.1. The second-order valence-corrected chi connectivity index (χ2v) is 5.67. The number of hydrogen-bond donors (Lipinski definition) is 0. The number of nitrogens with zero attached hydrogens (tertiary/aromatic N) is 4. The molecule has 0 radical (unpaired) electrons. The Morgan fingerprint density at radius 2 is 2.36 bits per heavy atom. The molecule has 5 nitrogen and oxygen atoms in total. The number of benzene rings is 1. The van der Waals surface area contributed by atoms with Crippen LogP contribution in [0.1, 0.15) is 30.1 Å². The molecule has 3 rings (SSSR count). The SMILES string of the molecule is Cc1nc(CC2CCCN(c3ccc(C#N)cc3F)C2)no1. The van der Waals surface area contributed by atoms with Crippen LogP contribution in [-0.2, 0) is 6.42 Å². The Labute approximate surface area is 128 Å². The van der Waals surface area contributed by atoms with Gasteiger partial charge in [-0.15, -0.1) is 0 Å². The summed E-state index contributed by atoms with van der Waals surface area (Å²) in [5.41, 5.74) is 0.907. The number of aromatic nitrogens is 2. The Kier molecular flexibility index (Phi) is 4.05. The van der Waals surface area contributed by atoms with Gasteiger partial charge in [0.15, 0.2) is 5.82 Å². The predicted octanol–water partition coefficient (Wildman–Crippen LogP) is 2.85. The van der Waals surface area contributed by atoms with Crippen LogP contribution in [0.3, 0.4) is 0 Å². The van der Waals surface area contributed by atoms with Gasteiger partial charge in [0.2, 0.25) is 5.89 Å². The van der Waals surface area contributed by atoms with Crippen molar-refractivity contribution in [3.8, 4) is 6.07 Å². The minimum Gasteiger partial charge on any atom is -0.369 e. The Morgan fingerprint density at radius 3 is 3.05 bits per heavy atom. The molecule has 2 heterocycles. The quantitative estimate of drug-likeness (QED) is 0.872. The number of halogens is 1. The molecule has 1 aliphatic heterocycles. The summed E-state index contributed by atoms with van der Waals surface area (Å²) in [5, 5.41) is 12.8. The Bertz CT molecular complexity index is 706. The minimum atomic E-state index is -0.338. The first-order chi connectivity index (χ1) is 10.7. The lowest BCUT2D eigenvalue weighted by molar-refractivity contribution is 0.369. The zero-order valence-corrected chi connectivity index (χ0v) is 12.4. The van der Waals surface area contributed by atoms with E-state index in [0.717, 1.165) is 32.4 Å². The molecule has 1 aromatic heterocycles. The number of hydrogen-bond acceptors (Lipinski definition) is 5. The van der Waals surface area contributed by atoms with Gasteiger partial charge < -0.3 is 9.42 Å². The van der Waals surface area contributed by atoms with Crippen molar-refractivity contribution in [2.24, 2.45) is 5.92 Å². The highest BCUT2D eigenvalue weighted by Gasteiger charge is 2.23. The van der Waals surface area contributed by atoms with Gasteiger partial charge in [-0.2, -0.15) is 10.2 Å². The summed E-state index contributed by atoms with van der Waals surface area (Å²) in [5.74, 6) is 1.32. The molecule has 22 heavy (non-hydrogen) atoms. The first kappa shape index (κ1) is 14.5. The largest absolute Gasteiger partial charge is 0.369 e. The van der Waals surface area contributed by atoms with Crippen molar-refractivity contribution >= 4 is 5.69 Å². The van der Waals surface area contributed by atoms with Gasteiger partial charge in [0.1, 0.15) is 5.82 Å². The molecule has 0 bridgehead atoms. The van der Waals surface area contributed by atoms with Crippen molar-refractivity contribution in [3.05, 3.63) is 41.3 Å². The number of piperidine rings is 1. The third-order valence-electron chi connectivity index (χ3n) is 3.98. The third-order valence-corrected chi connectivity index (χ3v) is 3.98. The fourth-order valence-corrected chi connectivity index (χ4v) is 2.97. The van der Waals surface area contributed by atoms with Crippen molar-refractivity contribution in [2.75, 3.05) is 18.0 Å². The topological polar surface area (TPSA) is 66.0 Å². The molecular formula is C16H17FN4O. The summed E-state index contributed by atoms with van der Waals surface area (Å²) < 4.78 is 19.1. The van der Waals surface area contributed by atoms with E-state index < -0.39 is 0 Å². The van der Waals surface area contributed by atoms with Crippen LogP contribution in [0.25, 0.3) is 0 Å². The Balaban J connectivity index is 1.71. The molecule has 0 spiro atoms. The molecule has 1 aliphatic rings. The van der Waals surface area contributed by atoms with Crippen LogP contribution in [0, 0.1) is 30.0 Å². The van der Waals surface area contributed by atoms with Gasteiger partial charge in [0.25, 0.3) is 0 Å². The summed E-state index contributed by atoms with van der Waals surface area (Å²) in [6.07, 6.45) is 2.81. The number of anilines is 1. The fourth-order valence-electron chi connectivity index (χ4n) is 2.97. The second kappa shape index (κ2) is 6.14. The Hall–Kier alpha value is -2.42. The average molecular weight is 300 g/mol. The molecule has 1 saturated heterocycles. The highest BCUT2D eigenvalue weighted by Crippen LogP contribution is 2.27. The molecule has 2 aromatic rings. The minimum absolute atomic E-state index is 0.338. The average Bonchev–Trinajstić information content (AvgIpc) is 2.92. The van der Waals surface area contributed by atoms with Gasteiger partial charge in [0.05, 0.1) is 17.3 Å². The van der Waals surface area contributed by atoms with Crippen LogP contribution >= 0.6 is 0 Å². The van der Waals surface area contributed by atoms with E-state index in [0.29, 0.717) is 28.9 Å². The molecule has 114 valence electrons. The molecule has 0 amide bonds. The van der Waals surface area contributed by atoms with Gasteiger partial charge in [0, 0.05) is 26.4 Å². The maximum atomic E-state index is 14.1. The molecule has 1 atom stereocenters. The molecule has 6 heteroatoms. The van der Waals surface area contributed by atoms with Gasteiger partial charge in [-0.25, -0.2) is 4.39 Å². The predicted molar refractivity (Wildman–Crippen MR) is 78.8 cm³/mol. The number of rotatable bonds is 3. The van der Waals surface area contributed by atoms with E-state index in [1.54, 1.807) is 19.1 Å². The lowest BCUT2D eigenvalue weighted by Crippen LogP contribution is -2.36. The van der Waals surface area contributed by atoms with Crippen molar-refractivity contribution in [3.63, 3.8) is 0 Å². The summed E-state index contributed by atoms with van der Waals surface area (Å²) in [7, 11) is 0. The highest BCUT2D eigenvalue weighted by molar-refractivity contribution is 5.51. The van der Waals surface area contributed by atoms with E-state index in [1.807, 2.05) is 11.0 Å². The number of aryl methyl sites for hydroxylation is 1. The van der Waals surface area contributed by atoms with Gasteiger partial charge in [-0.3, -0.25) is 0 Å². The van der Waals surface area contributed by atoms with E-state index in [1.165, 1.54) is 6.07 Å². The van der Waals surface area contributed by atoms with Crippen molar-refractivity contribution < 1.29 is 8.91 Å². The molecule has 0 N–H and O–H groups in total. The maximum absolute atomic E-state index is 14.1. The lowest BCUT2D eigenvalue weighted by atomic mass is 9.94. The maximum Gasteiger partial charge on any atom is 0.223 e. The van der Waals surface area contributed by atoms with Crippen LogP contribution in [0.2, 0.25) is 0 Å². The summed E-state index contributed by atoms with van der Waals surface area (Å²) in [6.45, 7) is 3.36. The molecule has 1 unspecified atom stereocenters. The van der Waals surface area contributed by atoms with E-state index in [9.17, 15) is 4.39 Å². The van der Waals surface area contributed by atoms with Crippen LogP contribution in [0.5, 0.6) is 0 Å².